The van der Waals surface area contributed by atoms with Crippen LogP contribution in [0.25, 0.3) is 0 Å². The summed E-state index contributed by atoms with van der Waals surface area (Å²) < 4.78 is 0. The van der Waals surface area contributed by atoms with Crippen LogP contribution in [-0.2, 0) is 0 Å². The second kappa shape index (κ2) is 5.38. The summed E-state index contributed by atoms with van der Waals surface area (Å²) in [4.78, 5) is 26.7. The van der Waals surface area contributed by atoms with Gasteiger partial charge in [-0.2, -0.15) is 0 Å². The largest absolute Gasteiger partial charge is 0.398 e. The summed E-state index contributed by atoms with van der Waals surface area (Å²) in [5, 5.41) is 3.01. The Bertz CT molecular complexity index is 738. The fourth-order valence-electron chi connectivity index (χ4n) is 1.78. The number of hydrogen-bond acceptors (Lipinski definition) is 3. The molecule has 0 aliphatic rings. The zero-order valence-electron chi connectivity index (χ0n) is 11.1. The van der Waals surface area contributed by atoms with E-state index in [0.29, 0.717) is 22.1 Å². The molecule has 1 aromatic carbocycles. The Morgan fingerprint density at radius 2 is 2.00 bits per heavy atom. The summed E-state index contributed by atoms with van der Waals surface area (Å²) in [5.41, 5.74) is 7.80. The van der Waals surface area contributed by atoms with E-state index in [1.165, 1.54) is 12.3 Å². The Hall–Kier alpha value is -2.27. The summed E-state index contributed by atoms with van der Waals surface area (Å²) >= 11 is 5.92. The molecule has 0 unspecified atom stereocenters. The van der Waals surface area contributed by atoms with E-state index < -0.39 is 5.91 Å². The molecule has 2 rings (SSSR count). The fourth-order valence-corrected chi connectivity index (χ4v) is 1.94. The average Bonchev–Trinajstić information content (AvgIpc) is 2.35. The molecule has 0 saturated heterocycles. The predicted molar refractivity (Wildman–Crippen MR) is 80.4 cm³/mol. The van der Waals surface area contributed by atoms with Crippen molar-refractivity contribution in [3.05, 3.63) is 56.5 Å². The number of nitrogens with two attached hydrogens (primary N) is 1. The molecule has 0 bridgehead atoms. The van der Waals surface area contributed by atoms with Crippen molar-refractivity contribution in [3.8, 4) is 0 Å². The zero-order valence-corrected chi connectivity index (χ0v) is 11.8. The lowest BCUT2D eigenvalue weighted by Gasteiger charge is -2.10. The van der Waals surface area contributed by atoms with Crippen LogP contribution in [0.15, 0.2) is 29.2 Å². The summed E-state index contributed by atoms with van der Waals surface area (Å²) in [6.45, 7) is 3.54. The maximum absolute atomic E-state index is 12.1. The van der Waals surface area contributed by atoms with E-state index in [-0.39, 0.29) is 11.0 Å². The van der Waals surface area contributed by atoms with E-state index in [2.05, 4.69) is 10.3 Å². The van der Waals surface area contributed by atoms with Crippen LogP contribution in [0.5, 0.6) is 0 Å². The molecule has 5 nitrogen and oxygen atoms in total. The van der Waals surface area contributed by atoms with Crippen molar-refractivity contribution in [2.75, 3.05) is 11.1 Å². The van der Waals surface area contributed by atoms with Gasteiger partial charge in [0.25, 0.3) is 5.91 Å². The first kappa shape index (κ1) is 14.1. The van der Waals surface area contributed by atoms with Gasteiger partial charge in [-0.1, -0.05) is 11.6 Å². The van der Waals surface area contributed by atoms with Crippen LogP contribution in [0, 0.1) is 13.8 Å². The predicted octanol–water partition coefficient (Wildman–Crippen LogP) is 2.48. The Kier molecular flexibility index (Phi) is 3.81. The third kappa shape index (κ3) is 2.83. The minimum absolute atomic E-state index is 0.0444. The summed E-state index contributed by atoms with van der Waals surface area (Å²) in [5.74, 6) is -0.491. The van der Waals surface area contributed by atoms with E-state index >= 15 is 0 Å². The lowest BCUT2D eigenvalue weighted by Crippen LogP contribution is -2.22. The van der Waals surface area contributed by atoms with Crippen molar-refractivity contribution in [2.45, 2.75) is 13.8 Å². The molecule has 1 aromatic heterocycles. The summed E-state index contributed by atoms with van der Waals surface area (Å²) in [7, 11) is 0. The van der Waals surface area contributed by atoms with Gasteiger partial charge in [0.1, 0.15) is 5.56 Å². The van der Waals surface area contributed by atoms with Gasteiger partial charge in [-0.15, -0.1) is 0 Å². The maximum atomic E-state index is 12.1. The number of hydrogen-bond donors (Lipinski definition) is 3. The molecule has 20 heavy (non-hydrogen) atoms. The molecule has 0 radical (unpaired) electrons. The second-order valence-electron chi connectivity index (χ2n) is 4.54. The van der Waals surface area contributed by atoms with Gasteiger partial charge in [-0.25, -0.2) is 0 Å². The normalized spacial score (nSPS) is 10.3. The quantitative estimate of drug-likeness (QED) is 0.743. The molecule has 1 heterocycles. The number of aryl methyl sites for hydroxylation is 2. The molecule has 0 spiro atoms. The Labute approximate surface area is 120 Å². The van der Waals surface area contributed by atoms with Gasteiger partial charge in [0.15, 0.2) is 5.43 Å². The molecule has 1 amide bonds. The third-order valence-electron chi connectivity index (χ3n) is 2.89. The standard InChI is InChI=1S/C14H14ClN3O2/c1-7-3-11(16)10(15)5-12(7)18-14(20)9-6-17-8(2)4-13(9)19/h3-6H,16H2,1-2H3,(H,17,19)(H,18,20). The number of amides is 1. The zero-order chi connectivity index (χ0) is 14.9. The van der Waals surface area contributed by atoms with Crippen molar-refractivity contribution < 1.29 is 4.79 Å². The first-order valence-corrected chi connectivity index (χ1v) is 6.32. The fraction of sp³-hybridized carbons (Fsp3) is 0.143. The van der Waals surface area contributed by atoms with Crippen LogP contribution in [0.1, 0.15) is 21.6 Å². The number of nitrogens with one attached hydrogen (secondary N) is 2. The Morgan fingerprint density at radius 1 is 1.30 bits per heavy atom. The molecule has 104 valence electrons. The van der Waals surface area contributed by atoms with Crippen LogP contribution >= 0.6 is 11.6 Å². The van der Waals surface area contributed by atoms with Gasteiger partial charge in [-0.3, -0.25) is 9.59 Å². The number of anilines is 2. The van der Waals surface area contributed by atoms with Crippen molar-refractivity contribution in [1.29, 1.82) is 0 Å². The second-order valence-corrected chi connectivity index (χ2v) is 4.94. The number of H-pyrrole nitrogens is 1. The molecule has 0 fully saturated rings. The number of nitrogen functional groups attached to an aromatic ring is 1. The number of halogens is 1. The maximum Gasteiger partial charge on any atom is 0.261 e. The molecule has 6 heteroatoms. The van der Waals surface area contributed by atoms with Crippen molar-refractivity contribution in [3.63, 3.8) is 0 Å². The first-order valence-electron chi connectivity index (χ1n) is 5.95. The Balaban J connectivity index is 2.33. The van der Waals surface area contributed by atoms with Crippen LogP contribution in [0.2, 0.25) is 5.02 Å². The van der Waals surface area contributed by atoms with Crippen LogP contribution < -0.4 is 16.5 Å². The average molecular weight is 292 g/mol. The SMILES string of the molecule is Cc1cc(=O)c(C(=O)Nc2cc(Cl)c(N)cc2C)c[nH]1. The van der Waals surface area contributed by atoms with Crippen molar-refractivity contribution in [1.82, 2.24) is 4.98 Å². The highest BCUT2D eigenvalue weighted by molar-refractivity contribution is 6.33. The molecule has 0 saturated carbocycles. The van der Waals surface area contributed by atoms with Crippen LogP contribution in [-0.4, -0.2) is 10.9 Å². The smallest absolute Gasteiger partial charge is 0.261 e. The van der Waals surface area contributed by atoms with Gasteiger partial charge in [0.2, 0.25) is 0 Å². The highest BCUT2D eigenvalue weighted by Gasteiger charge is 2.12. The highest BCUT2D eigenvalue weighted by atomic mass is 35.5. The van der Waals surface area contributed by atoms with E-state index in [1.54, 1.807) is 26.0 Å². The number of rotatable bonds is 2. The number of carbonyl (C=O) groups is 1. The minimum Gasteiger partial charge on any atom is -0.398 e. The third-order valence-corrected chi connectivity index (χ3v) is 3.22. The van der Waals surface area contributed by atoms with Crippen LogP contribution in [0.3, 0.4) is 0 Å². The molecular weight excluding hydrogens is 278 g/mol. The molecule has 0 aliphatic heterocycles. The summed E-state index contributed by atoms with van der Waals surface area (Å²) in [6.07, 6.45) is 1.39. The van der Waals surface area contributed by atoms with E-state index in [1.807, 2.05) is 0 Å². The van der Waals surface area contributed by atoms with Crippen LogP contribution in [0.4, 0.5) is 11.4 Å². The lowest BCUT2D eigenvalue weighted by atomic mass is 10.1. The van der Waals surface area contributed by atoms with Gasteiger partial charge >= 0.3 is 0 Å². The Morgan fingerprint density at radius 3 is 2.65 bits per heavy atom. The van der Waals surface area contributed by atoms with E-state index in [4.69, 9.17) is 17.3 Å². The highest BCUT2D eigenvalue weighted by Crippen LogP contribution is 2.26. The molecule has 2 aromatic rings. The van der Waals surface area contributed by atoms with Gasteiger partial charge in [0.05, 0.1) is 10.7 Å². The van der Waals surface area contributed by atoms with Gasteiger partial charge in [-0.05, 0) is 31.5 Å². The molecule has 0 aliphatic carbocycles. The molecule has 0 atom stereocenters. The van der Waals surface area contributed by atoms with Gasteiger partial charge in [0, 0.05) is 23.6 Å². The molecule has 4 N–H and O–H groups in total. The lowest BCUT2D eigenvalue weighted by molar-refractivity contribution is 0.102. The summed E-state index contributed by atoms with van der Waals surface area (Å²) in [6, 6.07) is 4.60. The number of aromatic nitrogens is 1. The monoisotopic (exact) mass is 291 g/mol. The topological polar surface area (TPSA) is 88.0 Å². The van der Waals surface area contributed by atoms with Crippen molar-refractivity contribution >= 4 is 28.9 Å². The van der Waals surface area contributed by atoms with Crippen molar-refractivity contribution in [2.24, 2.45) is 0 Å². The number of pyridine rings is 1. The van der Waals surface area contributed by atoms with E-state index in [0.717, 1.165) is 5.56 Å². The number of benzene rings is 1. The minimum atomic E-state index is -0.491. The first-order chi connectivity index (χ1) is 9.38. The number of aromatic amines is 1. The number of carbonyl (C=O) groups excluding carboxylic acids is 1. The molecular formula is C14H14ClN3O2. The van der Waals surface area contributed by atoms with Gasteiger partial charge < -0.3 is 16.0 Å². The van der Waals surface area contributed by atoms with E-state index in [9.17, 15) is 9.59 Å².